The highest BCUT2D eigenvalue weighted by Gasteiger charge is 2.31. The Balaban J connectivity index is 1.55. The molecule has 4 rings (SSSR count). The fourth-order valence-corrected chi connectivity index (χ4v) is 3.00. The van der Waals surface area contributed by atoms with Gasteiger partial charge in [0.1, 0.15) is 5.82 Å². The first-order valence-corrected chi connectivity index (χ1v) is 7.89. The standard InChI is InChI=1S/C20H14FNO3/c21-15-6-8-17-14(9-15)11-18(25-20(17)24)19(23)22-16-7-5-12-3-1-2-4-13(12)10-16/h1-10,18H,11H2,(H,22,23). The van der Waals surface area contributed by atoms with Crippen molar-refractivity contribution < 1.29 is 18.7 Å². The summed E-state index contributed by atoms with van der Waals surface area (Å²) in [5.74, 6) is -1.49. The second-order valence-corrected chi connectivity index (χ2v) is 5.95. The molecule has 1 atom stereocenters. The van der Waals surface area contributed by atoms with E-state index in [0.717, 1.165) is 10.8 Å². The lowest BCUT2D eigenvalue weighted by atomic mass is 9.98. The maximum absolute atomic E-state index is 13.4. The average Bonchev–Trinajstić information content (AvgIpc) is 2.61. The average molecular weight is 335 g/mol. The molecule has 0 aromatic heterocycles. The molecule has 1 heterocycles. The van der Waals surface area contributed by atoms with Gasteiger partial charge in [0.05, 0.1) is 5.56 Å². The molecule has 0 saturated carbocycles. The fourth-order valence-electron chi connectivity index (χ4n) is 3.00. The van der Waals surface area contributed by atoms with E-state index in [1.54, 1.807) is 6.07 Å². The second-order valence-electron chi connectivity index (χ2n) is 5.95. The molecule has 0 fully saturated rings. The Bertz CT molecular complexity index is 999. The summed E-state index contributed by atoms with van der Waals surface area (Å²) < 4.78 is 18.6. The van der Waals surface area contributed by atoms with Gasteiger partial charge >= 0.3 is 5.97 Å². The van der Waals surface area contributed by atoms with E-state index >= 15 is 0 Å². The van der Waals surface area contributed by atoms with Crippen LogP contribution in [0.3, 0.4) is 0 Å². The highest BCUT2D eigenvalue weighted by molar-refractivity contribution is 6.01. The Morgan fingerprint density at radius 1 is 1.04 bits per heavy atom. The third kappa shape index (κ3) is 2.96. The highest BCUT2D eigenvalue weighted by atomic mass is 19.1. The number of carbonyl (C=O) groups is 2. The minimum absolute atomic E-state index is 0.151. The molecule has 124 valence electrons. The molecule has 0 aliphatic carbocycles. The van der Waals surface area contributed by atoms with Gasteiger partial charge in [0, 0.05) is 12.1 Å². The van der Waals surface area contributed by atoms with Crippen molar-refractivity contribution in [1.29, 1.82) is 0 Å². The van der Waals surface area contributed by atoms with E-state index in [4.69, 9.17) is 4.74 Å². The van der Waals surface area contributed by atoms with Crippen LogP contribution in [-0.2, 0) is 16.0 Å². The van der Waals surface area contributed by atoms with Crippen LogP contribution in [0.25, 0.3) is 10.8 Å². The van der Waals surface area contributed by atoms with Crippen LogP contribution in [0.4, 0.5) is 10.1 Å². The van der Waals surface area contributed by atoms with E-state index in [0.29, 0.717) is 16.8 Å². The number of nitrogens with one attached hydrogen (secondary N) is 1. The molecule has 0 spiro atoms. The summed E-state index contributed by atoms with van der Waals surface area (Å²) in [4.78, 5) is 24.5. The van der Waals surface area contributed by atoms with E-state index in [2.05, 4.69) is 5.32 Å². The summed E-state index contributed by atoms with van der Waals surface area (Å²) in [5.41, 5.74) is 1.40. The molecule has 1 amide bonds. The van der Waals surface area contributed by atoms with E-state index in [-0.39, 0.29) is 6.42 Å². The van der Waals surface area contributed by atoms with E-state index in [9.17, 15) is 14.0 Å². The molecule has 0 bridgehead atoms. The Hall–Kier alpha value is -3.21. The lowest BCUT2D eigenvalue weighted by Gasteiger charge is -2.24. The Labute approximate surface area is 143 Å². The highest BCUT2D eigenvalue weighted by Crippen LogP contribution is 2.24. The van der Waals surface area contributed by atoms with Crippen molar-refractivity contribution in [2.75, 3.05) is 5.32 Å². The van der Waals surface area contributed by atoms with Crippen LogP contribution in [0.1, 0.15) is 15.9 Å². The number of rotatable bonds is 2. The third-order valence-electron chi connectivity index (χ3n) is 4.25. The molecule has 4 nitrogen and oxygen atoms in total. The van der Waals surface area contributed by atoms with Gasteiger partial charge in [-0.1, -0.05) is 30.3 Å². The monoisotopic (exact) mass is 335 g/mol. The Kier molecular flexibility index (Phi) is 3.69. The fraction of sp³-hybridized carbons (Fsp3) is 0.100. The summed E-state index contributed by atoms with van der Waals surface area (Å²) in [7, 11) is 0. The summed E-state index contributed by atoms with van der Waals surface area (Å²) in [6, 6.07) is 17.2. The van der Waals surface area contributed by atoms with Crippen LogP contribution in [0.2, 0.25) is 0 Å². The summed E-state index contributed by atoms with van der Waals surface area (Å²) in [6.45, 7) is 0. The van der Waals surface area contributed by atoms with Crippen LogP contribution in [0, 0.1) is 5.82 Å². The van der Waals surface area contributed by atoms with Crippen molar-refractivity contribution in [3.05, 3.63) is 77.6 Å². The number of halogens is 1. The molecule has 0 saturated heterocycles. The van der Waals surface area contributed by atoms with Gasteiger partial charge < -0.3 is 10.1 Å². The number of hydrogen-bond donors (Lipinski definition) is 1. The first-order valence-electron chi connectivity index (χ1n) is 7.89. The third-order valence-corrected chi connectivity index (χ3v) is 4.25. The number of esters is 1. The smallest absolute Gasteiger partial charge is 0.339 e. The van der Waals surface area contributed by atoms with Crippen molar-refractivity contribution in [3.8, 4) is 0 Å². The predicted molar refractivity (Wildman–Crippen MR) is 91.9 cm³/mol. The van der Waals surface area contributed by atoms with Gasteiger partial charge in [0.15, 0.2) is 6.10 Å². The van der Waals surface area contributed by atoms with E-state index < -0.39 is 23.8 Å². The minimum atomic E-state index is -0.978. The van der Waals surface area contributed by atoms with Crippen molar-refractivity contribution >= 4 is 28.3 Å². The number of fused-ring (bicyclic) bond motifs is 2. The normalized spacial score (nSPS) is 16.2. The number of hydrogen-bond acceptors (Lipinski definition) is 3. The quantitative estimate of drug-likeness (QED) is 0.727. The number of ether oxygens (including phenoxy) is 1. The molecule has 1 N–H and O–H groups in total. The molecule has 5 heteroatoms. The molecule has 25 heavy (non-hydrogen) atoms. The first kappa shape index (κ1) is 15.3. The molecule has 1 aliphatic heterocycles. The molecule has 3 aromatic rings. The van der Waals surface area contributed by atoms with Crippen LogP contribution in [-0.4, -0.2) is 18.0 Å². The van der Waals surface area contributed by atoms with Crippen LogP contribution in [0.5, 0.6) is 0 Å². The van der Waals surface area contributed by atoms with E-state index in [1.807, 2.05) is 36.4 Å². The van der Waals surface area contributed by atoms with Gasteiger partial charge in [-0.2, -0.15) is 0 Å². The molecular formula is C20H14FNO3. The van der Waals surface area contributed by atoms with Gasteiger partial charge in [-0.25, -0.2) is 9.18 Å². The summed E-state index contributed by atoms with van der Waals surface area (Å²) >= 11 is 0. The SMILES string of the molecule is O=C1OC(C(=O)Nc2ccc3ccccc3c2)Cc2cc(F)ccc21. The Morgan fingerprint density at radius 2 is 1.84 bits per heavy atom. The lowest BCUT2D eigenvalue weighted by Crippen LogP contribution is -2.38. The summed E-state index contributed by atoms with van der Waals surface area (Å²) in [6.07, 6.45) is -0.827. The number of anilines is 1. The molecule has 0 radical (unpaired) electrons. The molecule has 3 aromatic carbocycles. The van der Waals surface area contributed by atoms with Gasteiger partial charge in [0.25, 0.3) is 5.91 Å². The molecule has 1 unspecified atom stereocenters. The van der Waals surface area contributed by atoms with Crippen LogP contribution >= 0.6 is 0 Å². The van der Waals surface area contributed by atoms with Crippen LogP contribution in [0.15, 0.2) is 60.7 Å². The maximum atomic E-state index is 13.4. The van der Waals surface area contributed by atoms with Gasteiger partial charge in [0.2, 0.25) is 0 Å². The molecular weight excluding hydrogens is 321 g/mol. The largest absolute Gasteiger partial charge is 0.448 e. The number of cyclic esters (lactones) is 1. The zero-order chi connectivity index (χ0) is 17.4. The van der Waals surface area contributed by atoms with Gasteiger partial charge in [-0.15, -0.1) is 0 Å². The van der Waals surface area contributed by atoms with Crippen molar-refractivity contribution in [2.24, 2.45) is 0 Å². The van der Waals surface area contributed by atoms with Crippen LogP contribution < -0.4 is 5.32 Å². The number of amides is 1. The van der Waals surface area contributed by atoms with Crippen molar-refractivity contribution in [2.45, 2.75) is 12.5 Å². The van der Waals surface area contributed by atoms with Gasteiger partial charge in [-0.3, -0.25) is 4.79 Å². The number of carbonyl (C=O) groups excluding carboxylic acids is 2. The molecule has 1 aliphatic rings. The number of benzene rings is 3. The first-order chi connectivity index (χ1) is 12.1. The minimum Gasteiger partial charge on any atom is -0.448 e. The second kappa shape index (κ2) is 6.02. The summed E-state index contributed by atoms with van der Waals surface area (Å²) in [5, 5.41) is 4.82. The maximum Gasteiger partial charge on any atom is 0.339 e. The van der Waals surface area contributed by atoms with Gasteiger partial charge in [-0.05, 0) is 46.7 Å². The van der Waals surface area contributed by atoms with Crippen molar-refractivity contribution in [1.82, 2.24) is 0 Å². The zero-order valence-corrected chi connectivity index (χ0v) is 13.2. The van der Waals surface area contributed by atoms with E-state index in [1.165, 1.54) is 18.2 Å². The Morgan fingerprint density at radius 3 is 2.68 bits per heavy atom. The topological polar surface area (TPSA) is 55.4 Å². The predicted octanol–water partition coefficient (Wildman–Crippen LogP) is 3.70. The van der Waals surface area contributed by atoms with Crippen molar-refractivity contribution in [3.63, 3.8) is 0 Å². The lowest BCUT2D eigenvalue weighted by molar-refractivity contribution is -0.125. The zero-order valence-electron chi connectivity index (χ0n) is 13.2.